The quantitative estimate of drug-likeness (QED) is 0.669. The van der Waals surface area contributed by atoms with Crippen LogP contribution in [0, 0.1) is 0 Å². The number of anilines is 1. The van der Waals surface area contributed by atoms with Crippen LogP contribution < -0.4 is 16.6 Å². The van der Waals surface area contributed by atoms with Crippen molar-refractivity contribution in [1.29, 1.82) is 0 Å². The predicted molar refractivity (Wildman–Crippen MR) is 75.2 cm³/mol. The fraction of sp³-hybridized carbons (Fsp3) is 0. The summed E-state index contributed by atoms with van der Waals surface area (Å²) >= 11 is 0. The van der Waals surface area contributed by atoms with Gasteiger partial charge in [0.05, 0.1) is 22.4 Å². The van der Waals surface area contributed by atoms with Gasteiger partial charge in [-0.05, 0) is 12.1 Å². The summed E-state index contributed by atoms with van der Waals surface area (Å²) < 4.78 is 0.903. The fourth-order valence-electron chi connectivity index (χ4n) is 2.38. The first-order valence-corrected chi connectivity index (χ1v) is 6.15. The van der Waals surface area contributed by atoms with Crippen molar-refractivity contribution in [3.63, 3.8) is 0 Å². The molecule has 2 heterocycles. The van der Waals surface area contributed by atoms with E-state index in [2.05, 4.69) is 0 Å². The lowest BCUT2D eigenvalue weighted by molar-refractivity contribution is 0.0696. The van der Waals surface area contributed by atoms with Gasteiger partial charge in [-0.1, -0.05) is 12.1 Å². The van der Waals surface area contributed by atoms with Gasteiger partial charge in [0.1, 0.15) is 5.82 Å². The van der Waals surface area contributed by atoms with Crippen LogP contribution in [0.4, 0.5) is 5.82 Å². The number of carbonyl (C=O) groups is 3. The Morgan fingerprint density at radius 1 is 1.14 bits per heavy atom. The molecule has 3 rings (SSSR count). The molecule has 1 aliphatic heterocycles. The number of carboxylic acid groups (broad SMARTS) is 1. The van der Waals surface area contributed by atoms with E-state index in [0.29, 0.717) is 0 Å². The monoisotopic (exact) mass is 299 g/mol. The number of nitrogen functional groups attached to an aromatic ring is 1. The third kappa shape index (κ3) is 1.78. The minimum Gasteiger partial charge on any atom is -0.478 e. The Bertz CT molecular complexity index is 913. The second-order valence-electron chi connectivity index (χ2n) is 4.60. The number of aromatic carboxylic acids is 1. The van der Waals surface area contributed by atoms with Crippen LogP contribution in [0.1, 0.15) is 31.1 Å². The minimum atomic E-state index is -1.25. The van der Waals surface area contributed by atoms with E-state index in [4.69, 9.17) is 5.73 Å². The smallest absolute Gasteiger partial charge is 0.337 e. The highest BCUT2D eigenvalue weighted by Gasteiger charge is 2.32. The molecule has 22 heavy (non-hydrogen) atoms. The van der Waals surface area contributed by atoms with Crippen LogP contribution in [0.25, 0.3) is 5.69 Å². The number of carboxylic acids is 1. The minimum absolute atomic E-state index is 0.0208. The summed E-state index contributed by atoms with van der Waals surface area (Å²) in [5.41, 5.74) is 4.77. The summed E-state index contributed by atoms with van der Waals surface area (Å²) in [5, 5.41) is 11.2. The molecule has 2 amide bonds. The number of nitrogens with zero attached hydrogens (tertiary/aromatic N) is 1. The number of hydrogen-bond acceptors (Lipinski definition) is 5. The van der Waals surface area contributed by atoms with Crippen LogP contribution in [-0.4, -0.2) is 27.5 Å². The molecule has 0 saturated heterocycles. The highest BCUT2D eigenvalue weighted by molar-refractivity contribution is 6.23. The molecule has 0 atom stereocenters. The standard InChI is InChI=1S/C14H9N3O5/c15-11-10-7(12(19)16-13(10)20)5-9(18)17(11)8-4-2-1-3-6(8)14(21)22/h1-5H,15H2,(H,21,22)(H,16,19,20). The molecule has 8 heteroatoms. The zero-order valence-corrected chi connectivity index (χ0v) is 11.0. The number of imide groups is 1. The Morgan fingerprint density at radius 3 is 2.50 bits per heavy atom. The van der Waals surface area contributed by atoms with Gasteiger partial charge in [-0.3, -0.25) is 24.3 Å². The fourth-order valence-corrected chi connectivity index (χ4v) is 2.38. The molecule has 0 radical (unpaired) electrons. The van der Waals surface area contributed by atoms with Crippen molar-refractivity contribution in [3.8, 4) is 5.69 Å². The molecule has 0 spiro atoms. The normalized spacial score (nSPS) is 12.9. The van der Waals surface area contributed by atoms with E-state index in [-0.39, 0.29) is 28.2 Å². The molecule has 110 valence electrons. The number of aromatic nitrogens is 1. The maximum atomic E-state index is 12.2. The molecular weight excluding hydrogens is 290 g/mol. The summed E-state index contributed by atoms with van der Waals surface area (Å²) in [6, 6.07) is 6.69. The molecule has 1 aliphatic rings. The maximum Gasteiger partial charge on any atom is 0.337 e. The van der Waals surface area contributed by atoms with Gasteiger partial charge in [-0.25, -0.2) is 4.79 Å². The SMILES string of the molecule is Nc1c2c(cc(=O)n1-c1ccccc1C(=O)O)C(=O)NC2=O. The highest BCUT2D eigenvalue weighted by atomic mass is 16.4. The van der Waals surface area contributed by atoms with Gasteiger partial charge in [0.25, 0.3) is 17.4 Å². The third-order valence-electron chi connectivity index (χ3n) is 3.33. The van der Waals surface area contributed by atoms with Crippen molar-refractivity contribution in [2.45, 2.75) is 0 Å². The molecule has 4 N–H and O–H groups in total. The second kappa shape index (κ2) is 4.55. The Labute approximate surface area is 122 Å². The van der Waals surface area contributed by atoms with E-state index in [1.54, 1.807) is 0 Å². The van der Waals surface area contributed by atoms with Crippen molar-refractivity contribution in [2.75, 3.05) is 5.73 Å². The largest absolute Gasteiger partial charge is 0.478 e. The topological polar surface area (TPSA) is 131 Å². The lowest BCUT2D eigenvalue weighted by Crippen LogP contribution is -2.25. The van der Waals surface area contributed by atoms with E-state index >= 15 is 0 Å². The number of para-hydroxylation sites is 1. The number of carbonyl (C=O) groups excluding carboxylic acids is 2. The molecular formula is C14H9N3O5. The van der Waals surface area contributed by atoms with Crippen LogP contribution >= 0.6 is 0 Å². The molecule has 0 saturated carbocycles. The van der Waals surface area contributed by atoms with Crippen LogP contribution in [0.5, 0.6) is 0 Å². The number of amides is 2. The van der Waals surface area contributed by atoms with Gasteiger partial charge in [0, 0.05) is 6.07 Å². The second-order valence-corrected chi connectivity index (χ2v) is 4.60. The van der Waals surface area contributed by atoms with Crippen LogP contribution in [0.3, 0.4) is 0 Å². The number of pyridine rings is 1. The van der Waals surface area contributed by atoms with Crippen LogP contribution in [0.15, 0.2) is 35.1 Å². The average Bonchev–Trinajstić information content (AvgIpc) is 2.74. The predicted octanol–water partition coefficient (Wildman–Crippen LogP) is 0.00150. The Balaban J connectivity index is 2.38. The van der Waals surface area contributed by atoms with Crippen molar-refractivity contribution in [2.24, 2.45) is 0 Å². The summed E-state index contributed by atoms with van der Waals surface area (Å²) in [7, 11) is 0. The molecule has 2 aromatic rings. The Morgan fingerprint density at radius 2 is 1.82 bits per heavy atom. The first kappa shape index (κ1) is 13.6. The zero-order valence-electron chi connectivity index (χ0n) is 11.0. The first-order chi connectivity index (χ1) is 10.4. The molecule has 1 aromatic carbocycles. The number of hydrogen-bond donors (Lipinski definition) is 3. The van der Waals surface area contributed by atoms with Gasteiger partial charge < -0.3 is 10.8 Å². The molecule has 0 unspecified atom stereocenters. The summed E-state index contributed by atoms with van der Waals surface area (Å²) in [6.07, 6.45) is 0. The highest BCUT2D eigenvalue weighted by Crippen LogP contribution is 2.24. The molecule has 0 fully saturated rings. The van der Waals surface area contributed by atoms with E-state index in [1.165, 1.54) is 24.3 Å². The van der Waals surface area contributed by atoms with Crippen molar-refractivity contribution in [1.82, 2.24) is 9.88 Å². The van der Waals surface area contributed by atoms with Gasteiger partial charge in [0.15, 0.2) is 0 Å². The number of benzene rings is 1. The third-order valence-corrected chi connectivity index (χ3v) is 3.33. The Kier molecular flexibility index (Phi) is 2.81. The number of rotatable bonds is 2. The van der Waals surface area contributed by atoms with Crippen molar-refractivity contribution < 1.29 is 19.5 Å². The van der Waals surface area contributed by atoms with Crippen LogP contribution in [0.2, 0.25) is 0 Å². The molecule has 8 nitrogen and oxygen atoms in total. The van der Waals surface area contributed by atoms with Crippen molar-refractivity contribution in [3.05, 3.63) is 57.4 Å². The lowest BCUT2D eigenvalue weighted by atomic mass is 10.1. The molecule has 1 aromatic heterocycles. The summed E-state index contributed by atoms with van der Waals surface area (Å²) in [4.78, 5) is 46.8. The maximum absolute atomic E-state index is 12.2. The zero-order chi connectivity index (χ0) is 16.0. The van der Waals surface area contributed by atoms with E-state index in [9.17, 15) is 24.3 Å². The first-order valence-electron chi connectivity index (χ1n) is 6.15. The summed E-state index contributed by atoms with van der Waals surface area (Å²) in [6.45, 7) is 0. The van der Waals surface area contributed by atoms with E-state index < -0.39 is 23.3 Å². The van der Waals surface area contributed by atoms with Crippen molar-refractivity contribution >= 4 is 23.6 Å². The number of nitrogens with one attached hydrogen (secondary N) is 1. The Hall–Kier alpha value is -3.42. The average molecular weight is 299 g/mol. The lowest BCUT2D eigenvalue weighted by Gasteiger charge is -2.13. The summed E-state index contributed by atoms with van der Waals surface area (Å²) in [5.74, 6) is -2.95. The number of nitrogens with two attached hydrogens (primary N) is 1. The van der Waals surface area contributed by atoms with E-state index in [1.807, 2.05) is 5.32 Å². The molecule has 0 aliphatic carbocycles. The number of fused-ring (bicyclic) bond motifs is 1. The van der Waals surface area contributed by atoms with Gasteiger partial charge >= 0.3 is 5.97 Å². The molecule has 0 bridgehead atoms. The van der Waals surface area contributed by atoms with Gasteiger partial charge in [0.2, 0.25) is 0 Å². The van der Waals surface area contributed by atoms with Gasteiger partial charge in [-0.15, -0.1) is 0 Å². The van der Waals surface area contributed by atoms with E-state index in [0.717, 1.165) is 10.6 Å². The van der Waals surface area contributed by atoms with Gasteiger partial charge in [-0.2, -0.15) is 0 Å². The van der Waals surface area contributed by atoms with Crippen LogP contribution in [-0.2, 0) is 0 Å².